The number of hydrogen-bond acceptors (Lipinski definition) is 3. The van der Waals surface area contributed by atoms with Crippen molar-refractivity contribution >= 4 is 6.09 Å². The summed E-state index contributed by atoms with van der Waals surface area (Å²) in [7, 11) is 0. The van der Waals surface area contributed by atoms with Crippen LogP contribution in [0.2, 0.25) is 0 Å². The van der Waals surface area contributed by atoms with Gasteiger partial charge in [-0.25, -0.2) is 18.0 Å². The number of carbonyl (C=O) groups is 1. The van der Waals surface area contributed by atoms with Crippen molar-refractivity contribution in [3.05, 3.63) is 0 Å². The molecule has 0 aromatic carbocycles. The molecule has 1 amide bonds. The summed E-state index contributed by atoms with van der Waals surface area (Å²) in [4.78, 5) is 11.4. The fraction of sp³-hybridized carbons (Fsp3) is 0.875. The lowest BCUT2D eigenvalue weighted by Gasteiger charge is -2.32. The number of nitrogens with two attached hydrogens (primary N) is 1. The van der Waals surface area contributed by atoms with Crippen LogP contribution in [0.25, 0.3) is 0 Å². The van der Waals surface area contributed by atoms with Gasteiger partial charge in [-0.3, -0.25) is 4.90 Å². The first kappa shape index (κ1) is 12.1. The molecule has 0 aromatic rings. The third-order valence-corrected chi connectivity index (χ3v) is 2.32. The van der Waals surface area contributed by atoms with Crippen LogP contribution in [0.5, 0.6) is 0 Å². The van der Waals surface area contributed by atoms with Crippen molar-refractivity contribution < 1.29 is 22.7 Å². The highest BCUT2D eigenvalue weighted by molar-refractivity contribution is 5.64. The highest BCUT2D eigenvalue weighted by Crippen LogP contribution is 2.19. The molecule has 15 heavy (non-hydrogen) atoms. The second-order valence-corrected chi connectivity index (χ2v) is 3.38. The highest BCUT2D eigenvalue weighted by Gasteiger charge is 2.31. The standard InChI is InChI=1S/C8H13F3N2O2/c9-6(10)7(11)13-3-1-5(2-4-13)15-8(12)14/h5-7H,1-4H2,(H2,12,14). The molecule has 1 rings (SSSR count). The summed E-state index contributed by atoms with van der Waals surface area (Å²) in [5, 5.41) is 0. The zero-order valence-corrected chi connectivity index (χ0v) is 8.04. The van der Waals surface area contributed by atoms with Crippen molar-refractivity contribution in [1.82, 2.24) is 4.90 Å². The molecule has 0 radical (unpaired) electrons. The first-order valence-corrected chi connectivity index (χ1v) is 4.63. The average Bonchev–Trinajstić information content (AvgIpc) is 2.17. The molecule has 1 atom stereocenters. The number of nitrogens with zero attached hydrogens (tertiary/aromatic N) is 1. The van der Waals surface area contributed by atoms with Gasteiger partial charge in [0.1, 0.15) is 6.10 Å². The van der Waals surface area contributed by atoms with Crippen LogP contribution in [-0.2, 0) is 4.74 Å². The van der Waals surface area contributed by atoms with E-state index in [-0.39, 0.29) is 19.2 Å². The second-order valence-electron chi connectivity index (χ2n) is 3.38. The molecule has 2 N–H and O–H groups in total. The van der Waals surface area contributed by atoms with Gasteiger partial charge in [-0.15, -0.1) is 0 Å². The van der Waals surface area contributed by atoms with Crippen molar-refractivity contribution in [2.75, 3.05) is 13.1 Å². The molecule has 88 valence electrons. The summed E-state index contributed by atoms with van der Waals surface area (Å²) >= 11 is 0. The number of primary amides is 1. The Morgan fingerprint density at radius 1 is 1.33 bits per heavy atom. The Kier molecular flexibility index (Phi) is 4.19. The minimum Gasteiger partial charge on any atom is -0.446 e. The van der Waals surface area contributed by atoms with Crippen LogP contribution >= 0.6 is 0 Å². The first-order chi connectivity index (χ1) is 7.00. The maximum absolute atomic E-state index is 12.8. The van der Waals surface area contributed by atoms with Gasteiger partial charge >= 0.3 is 6.09 Å². The van der Waals surface area contributed by atoms with E-state index in [1.165, 1.54) is 0 Å². The fourth-order valence-corrected chi connectivity index (χ4v) is 1.56. The molecule has 0 bridgehead atoms. The van der Waals surface area contributed by atoms with E-state index in [0.29, 0.717) is 12.8 Å². The van der Waals surface area contributed by atoms with Crippen LogP contribution in [0.4, 0.5) is 18.0 Å². The predicted molar refractivity (Wildman–Crippen MR) is 46.2 cm³/mol. The quantitative estimate of drug-likeness (QED) is 0.733. The molecule has 0 aromatic heterocycles. The number of rotatable bonds is 3. The van der Waals surface area contributed by atoms with Gasteiger partial charge in [-0.2, -0.15) is 0 Å². The number of hydrogen-bond donors (Lipinski definition) is 1. The van der Waals surface area contributed by atoms with E-state index in [1.54, 1.807) is 0 Å². The SMILES string of the molecule is NC(=O)OC1CCN(C(F)C(F)F)CC1. The van der Waals surface area contributed by atoms with E-state index in [0.717, 1.165) is 4.90 Å². The van der Waals surface area contributed by atoms with Crippen LogP contribution in [0.1, 0.15) is 12.8 Å². The molecule has 1 fully saturated rings. The zero-order chi connectivity index (χ0) is 11.4. The molecule has 1 unspecified atom stereocenters. The Morgan fingerprint density at radius 2 is 1.87 bits per heavy atom. The average molecular weight is 226 g/mol. The summed E-state index contributed by atoms with van der Waals surface area (Å²) in [5.74, 6) is 0. The monoisotopic (exact) mass is 226 g/mol. The van der Waals surface area contributed by atoms with Crippen molar-refractivity contribution in [2.45, 2.75) is 31.7 Å². The lowest BCUT2D eigenvalue weighted by molar-refractivity contribution is -0.0696. The lowest BCUT2D eigenvalue weighted by atomic mass is 10.1. The van der Waals surface area contributed by atoms with E-state index in [1.807, 2.05) is 0 Å². The largest absolute Gasteiger partial charge is 0.446 e. The number of halogens is 3. The Bertz CT molecular complexity index is 220. The number of carbonyl (C=O) groups excluding carboxylic acids is 1. The number of alkyl halides is 3. The molecule has 1 heterocycles. The number of amides is 1. The topological polar surface area (TPSA) is 55.6 Å². The summed E-state index contributed by atoms with van der Waals surface area (Å²) in [6.07, 6.45) is -5.85. The molecule has 0 aliphatic carbocycles. The Hall–Kier alpha value is -0.980. The normalized spacial score (nSPS) is 21.6. The zero-order valence-electron chi connectivity index (χ0n) is 8.04. The van der Waals surface area contributed by atoms with Gasteiger partial charge in [-0.05, 0) is 12.8 Å². The number of piperidine rings is 1. The smallest absolute Gasteiger partial charge is 0.404 e. The van der Waals surface area contributed by atoms with E-state index >= 15 is 0 Å². The second kappa shape index (κ2) is 5.20. The van der Waals surface area contributed by atoms with Crippen molar-refractivity contribution in [2.24, 2.45) is 5.73 Å². The molecule has 1 aliphatic rings. The van der Waals surface area contributed by atoms with Crippen LogP contribution in [0.15, 0.2) is 0 Å². The number of ether oxygens (including phenoxy) is 1. The molecule has 0 saturated carbocycles. The van der Waals surface area contributed by atoms with Gasteiger partial charge in [-0.1, -0.05) is 0 Å². The van der Waals surface area contributed by atoms with Gasteiger partial charge in [0, 0.05) is 13.1 Å². The van der Waals surface area contributed by atoms with Crippen LogP contribution in [0.3, 0.4) is 0 Å². The molecule has 4 nitrogen and oxygen atoms in total. The molecule has 1 aliphatic heterocycles. The van der Waals surface area contributed by atoms with E-state index in [9.17, 15) is 18.0 Å². The Morgan fingerprint density at radius 3 is 2.27 bits per heavy atom. The van der Waals surface area contributed by atoms with Crippen molar-refractivity contribution in [3.63, 3.8) is 0 Å². The van der Waals surface area contributed by atoms with Gasteiger partial charge in [0.05, 0.1) is 0 Å². The first-order valence-electron chi connectivity index (χ1n) is 4.63. The maximum atomic E-state index is 12.8. The maximum Gasteiger partial charge on any atom is 0.404 e. The Balaban J connectivity index is 2.32. The van der Waals surface area contributed by atoms with Gasteiger partial charge in [0.2, 0.25) is 6.30 Å². The van der Waals surface area contributed by atoms with Gasteiger partial charge < -0.3 is 10.5 Å². The summed E-state index contributed by atoms with van der Waals surface area (Å²) < 4.78 is 41.5. The van der Waals surface area contributed by atoms with Gasteiger partial charge in [0.15, 0.2) is 0 Å². The molecule has 1 saturated heterocycles. The molecule has 0 spiro atoms. The predicted octanol–water partition coefficient (Wildman–Crippen LogP) is 1.11. The van der Waals surface area contributed by atoms with Crippen molar-refractivity contribution in [1.29, 1.82) is 0 Å². The third kappa shape index (κ3) is 3.58. The Labute approximate surface area is 85.2 Å². The lowest BCUT2D eigenvalue weighted by Crippen LogP contribution is -2.45. The minimum absolute atomic E-state index is 0.142. The number of likely N-dealkylation sites (tertiary alicyclic amines) is 1. The van der Waals surface area contributed by atoms with E-state index < -0.39 is 18.8 Å². The minimum atomic E-state index is -3.00. The van der Waals surface area contributed by atoms with Crippen LogP contribution < -0.4 is 5.73 Å². The fourth-order valence-electron chi connectivity index (χ4n) is 1.56. The third-order valence-electron chi connectivity index (χ3n) is 2.32. The molecular formula is C8H13F3N2O2. The van der Waals surface area contributed by atoms with Gasteiger partial charge in [0.25, 0.3) is 6.43 Å². The molecular weight excluding hydrogens is 213 g/mol. The van der Waals surface area contributed by atoms with E-state index in [4.69, 9.17) is 5.73 Å². The summed E-state index contributed by atoms with van der Waals surface area (Å²) in [6.45, 7) is 0.285. The van der Waals surface area contributed by atoms with Crippen LogP contribution in [-0.4, -0.2) is 42.9 Å². The highest BCUT2D eigenvalue weighted by atomic mass is 19.3. The van der Waals surface area contributed by atoms with E-state index in [2.05, 4.69) is 4.74 Å². The summed E-state index contributed by atoms with van der Waals surface area (Å²) in [6, 6.07) is 0. The summed E-state index contributed by atoms with van der Waals surface area (Å²) in [5.41, 5.74) is 4.80. The van der Waals surface area contributed by atoms with Crippen molar-refractivity contribution in [3.8, 4) is 0 Å². The van der Waals surface area contributed by atoms with Crippen LogP contribution in [0, 0.1) is 0 Å². The molecule has 7 heteroatoms.